The van der Waals surface area contributed by atoms with Crippen LogP contribution in [0.1, 0.15) is 29.5 Å². The van der Waals surface area contributed by atoms with Crippen LogP contribution in [-0.2, 0) is 22.5 Å². The molecule has 0 spiro atoms. The fourth-order valence-corrected chi connectivity index (χ4v) is 3.11. The third kappa shape index (κ3) is 3.10. The molecule has 8 nitrogen and oxygen atoms in total. The Labute approximate surface area is 139 Å². The van der Waals surface area contributed by atoms with Crippen molar-refractivity contribution in [1.82, 2.24) is 20.5 Å². The minimum atomic E-state index is -0.270. The van der Waals surface area contributed by atoms with Crippen LogP contribution in [0.25, 0.3) is 0 Å². The number of ether oxygens (including phenoxy) is 2. The van der Waals surface area contributed by atoms with Gasteiger partial charge in [-0.3, -0.25) is 10.1 Å². The molecule has 1 saturated heterocycles. The number of rotatable bonds is 3. The summed E-state index contributed by atoms with van der Waals surface area (Å²) in [5.74, 6) is 0. The second-order valence-corrected chi connectivity index (χ2v) is 5.93. The van der Waals surface area contributed by atoms with Crippen molar-refractivity contribution in [2.75, 3.05) is 18.5 Å². The SMILES string of the molecule is O=C(Nc1cnc2c(c1)COCC2)N[C@@H]1CCO[C@H]1c1ccn[nH]1. The van der Waals surface area contributed by atoms with Gasteiger partial charge in [-0.25, -0.2) is 4.79 Å². The Morgan fingerprint density at radius 2 is 2.33 bits per heavy atom. The zero-order valence-corrected chi connectivity index (χ0v) is 13.1. The summed E-state index contributed by atoms with van der Waals surface area (Å²) in [6.07, 6.45) is 4.73. The molecule has 2 amide bonds. The summed E-state index contributed by atoms with van der Waals surface area (Å²) < 4.78 is 11.1. The number of nitrogens with zero attached hydrogens (tertiary/aromatic N) is 2. The summed E-state index contributed by atoms with van der Waals surface area (Å²) in [6, 6.07) is 3.40. The Balaban J connectivity index is 1.39. The van der Waals surface area contributed by atoms with Gasteiger partial charge in [0.15, 0.2) is 0 Å². The molecule has 8 heteroatoms. The van der Waals surface area contributed by atoms with E-state index in [9.17, 15) is 4.79 Å². The third-order valence-corrected chi connectivity index (χ3v) is 4.30. The summed E-state index contributed by atoms with van der Waals surface area (Å²) >= 11 is 0. The predicted molar refractivity (Wildman–Crippen MR) is 85.4 cm³/mol. The van der Waals surface area contributed by atoms with E-state index >= 15 is 0 Å². The molecular formula is C16H19N5O3. The molecule has 2 atom stereocenters. The Bertz CT molecular complexity index is 719. The van der Waals surface area contributed by atoms with Gasteiger partial charge in [0.1, 0.15) is 6.10 Å². The molecule has 2 aliphatic rings. The van der Waals surface area contributed by atoms with E-state index in [1.54, 1.807) is 12.4 Å². The van der Waals surface area contributed by atoms with Gasteiger partial charge in [-0.2, -0.15) is 5.10 Å². The maximum absolute atomic E-state index is 12.3. The van der Waals surface area contributed by atoms with Crippen LogP contribution in [0, 0.1) is 0 Å². The number of nitrogens with one attached hydrogen (secondary N) is 3. The summed E-state index contributed by atoms with van der Waals surface area (Å²) in [4.78, 5) is 16.7. The Morgan fingerprint density at radius 1 is 1.38 bits per heavy atom. The van der Waals surface area contributed by atoms with Gasteiger partial charge in [0, 0.05) is 30.5 Å². The molecule has 1 fully saturated rings. The lowest BCUT2D eigenvalue weighted by Crippen LogP contribution is -2.39. The number of hydrogen-bond acceptors (Lipinski definition) is 5. The molecule has 126 valence electrons. The number of H-pyrrole nitrogens is 1. The van der Waals surface area contributed by atoms with E-state index < -0.39 is 0 Å². The minimum Gasteiger partial charge on any atom is -0.376 e. The fraction of sp³-hybridized carbons (Fsp3) is 0.438. The van der Waals surface area contributed by atoms with E-state index in [0.717, 1.165) is 29.8 Å². The maximum Gasteiger partial charge on any atom is 0.319 e. The summed E-state index contributed by atoms with van der Waals surface area (Å²) in [5, 5.41) is 12.6. The van der Waals surface area contributed by atoms with Gasteiger partial charge in [-0.1, -0.05) is 0 Å². The monoisotopic (exact) mass is 329 g/mol. The van der Waals surface area contributed by atoms with E-state index in [4.69, 9.17) is 9.47 Å². The third-order valence-electron chi connectivity index (χ3n) is 4.30. The van der Waals surface area contributed by atoms with E-state index in [0.29, 0.717) is 25.5 Å². The summed E-state index contributed by atoms with van der Waals surface area (Å²) in [6.45, 7) is 1.84. The molecule has 0 saturated carbocycles. The zero-order valence-electron chi connectivity index (χ0n) is 13.1. The molecule has 0 radical (unpaired) electrons. The van der Waals surface area contributed by atoms with Crippen LogP contribution in [0.15, 0.2) is 24.5 Å². The van der Waals surface area contributed by atoms with Gasteiger partial charge in [-0.05, 0) is 18.6 Å². The standard InChI is InChI=1S/C16H19N5O3/c22-16(19-11-7-10-9-23-5-2-12(10)17-8-11)20-13-3-6-24-15(13)14-1-4-18-21-14/h1,4,7-8,13,15H,2-3,5-6,9H2,(H,18,21)(H2,19,20,22)/t13-,15-/m1/s1. The molecular weight excluding hydrogens is 310 g/mol. The van der Waals surface area contributed by atoms with E-state index in [1.165, 1.54) is 0 Å². The summed E-state index contributed by atoms with van der Waals surface area (Å²) in [7, 11) is 0. The van der Waals surface area contributed by atoms with Crippen LogP contribution in [-0.4, -0.2) is 40.5 Å². The molecule has 4 rings (SSSR count). The number of fused-ring (bicyclic) bond motifs is 1. The Morgan fingerprint density at radius 3 is 3.21 bits per heavy atom. The number of pyridine rings is 1. The number of urea groups is 1. The van der Waals surface area contributed by atoms with Crippen LogP contribution in [0.3, 0.4) is 0 Å². The lowest BCUT2D eigenvalue weighted by Gasteiger charge is -2.20. The van der Waals surface area contributed by atoms with Crippen LogP contribution in [0.2, 0.25) is 0 Å². The van der Waals surface area contributed by atoms with Crippen molar-refractivity contribution in [3.63, 3.8) is 0 Å². The van der Waals surface area contributed by atoms with Crippen LogP contribution >= 0.6 is 0 Å². The average Bonchev–Trinajstić information content (AvgIpc) is 3.25. The van der Waals surface area contributed by atoms with Crippen molar-refractivity contribution in [2.24, 2.45) is 0 Å². The molecule has 2 aliphatic heterocycles. The number of carbonyl (C=O) groups excluding carboxylic acids is 1. The first-order valence-electron chi connectivity index (χ1n) is 8.03. The van der Waals surface area contributed by atoms with Crippen LogP contribution in [0.5, 0.6) is 0 Å². The first kappa shape index (κ1) is 15.1. The molecule has 2 aromatic heterocycles. The van der Waals surface area contributed by atoms with E-state index in [2.05, 4.69) is 25.8 Å². The number of carbonyl (C=O) groups is 1. The Kier molecular flexibility index (Phi) is 4.14. The molecule has 2 aromatic rings. The lowest BCUT2D eigenvalue weighted by molar-refractivity contribution is 0.0970. The van der Waals surface area contributed by atoms with Gasteiger partial charge in [-0.15, -0.1) is 0 Å². The van der Waals surface area contributed by atoms with Gasteiger partial charge in [0.2, 0.25) is 0 Å². The normalized spacial score (nSPS) is 22.8. The molecule has 24 heavy (non-hydrogen) atoms. The van der Waals surface area contributed by atoms with Crippen molar-refractivity contribution in [2.45, 2.75) is 31.6 Å². The second kappa shape index (κ2) is 6.58. The maximum atomic E-state index is 12.3. The number of aromatic amines is 1. The lowest BCUT2D eigenvalue weighted by atomic mass is 10.1. The number of amides is 2. The quantitative estimate of drug-likeness (QED) is 0.793. The van der Waals surface area contributed by atoms with Gasteiger partial charge in [0.05, 0.1) is 36.8 Å². The highest BCUT2D eigenvalue weighted by atomic mass is 16.5. The van der Waals surface area contributed by atoms with E-state index in [-0.39, 0.29) is 18.2 Å². The topological polar surface area (TPSA) is 101 Å². The highest BCUT2D eigenvalue weighted by Crippen LogP contribution is 2.27. The molecule has 0 bridgehead atoms. The van der Waals surface area contributed by atoms with Gasteiger partial charge >= 0.3 is 6.03 Å². The van der Waals surface area contributed by atoms with Crippen LogP contribution in [0.4, 0.5) is 10.5 Å². The van der Waals surface area contributed by atoms with Crippen LogP contribution < -0.4 is 10.6 Å². The molecule has 0 unspecified atom stereocenters. The van der Waals surface area contributed by atoms with Crippen molar-refractivity contribution in [1.29, 1.82) is 0 Å². The average molecular weight is 329 g/mol. The van der Waals surface area contributed by atoms with E-state index in [1.807, 2.05) is 12.1 Å². The van der Waals surface area contributed by atoms with Crippen molar-refractivity contribution in [3.8, 4) is 0 Å². The smallest absolute Gasteiger partial charge is 0.319 e. The van der Waals surface area contributed by atoms with Gasteiger partial charge in [0.25, 0.3) is 0 Å². The molecule has 3 N–H and O–H groups in total. The van der Waals surface area contributed by atoms with Crippen molar-refractivity contribution < 1.29 is 14.3 Å². The first-order chi connectivity index (χ1) is 11.8. The van der Waals surface area contributed by atoms with Gasteiger partial charge < -0.3 is 20.1 Å². The number of hydrogen-bond donors (Lipinski definition) is 3. The fourth-order valence-electron chi connectivity index (χ4n) is 3.11. The number of aromatic nitrogens is 3. The predicted octanol–water partition coefficient (Wildman–Crippen LogP) is 1.53. The first-order valence-corrected chi connectivity index (χ1v) is 8.03. The molecule has 4 heterocycles. The largest absolute Gasteiger partial charge is 0.376 e. The highest BCUT2D eigenvalue weighted by molar-refractivity contribution is 5.89. The molecule has 0 aliphatic carbocycles. The Hall–Kier alpha value is -2.45. The molecule has 0 aromatic carbocycles. The second-order valence-electron chi connectivity index (χ2n) is 5.93. The zero-order chi connectivity index (χ0) is 16.4. The van der Waals surface area contributed by atoms with Crippen molar-refractivity contribution in [3.05, 3.63) is 41.5 Å². The number of anilines is 1. The summed E-state index contributed by atoms with van der Waals surface area (Å²) in [5.41, 5.74) is 3.59. The highest BCUT2D eigenvalue weighted by Gasteiger charge is 2.31. The van der Waals surface area contributed by atoms with Crippen molar-refractivity contribution >= 4 is 11.7 Å². The minimum absolute atomic E-state index is 0.0978.